The summed E-state index contributed by atoms with van der Waals surface area (Å²) >= 11 is 0. The fraction of sp³-hybridized carbons (Fsp3) is 0.538. The summed E-state index contributed by atoms with van der Waals surface area (Å²) in [5, 5.41) is 0. The molecule has 4 heteroatoms. The van der Waals surface area contributed by atoms with Crippen molar-refractivity contribution in [3.05, 3.63) is 34.9 Å². The highest BCUT2D eigenvalue weighted by Gasteiger charge is 2.49. The van der Waals surface area contributed by atoms with Crippen LogP contribution in [0.3, 0.4) is 0 Å². The number of nitrogens with two attached hydrogens (primary N) is 1. The fourth-order valence-electron chi connectivity index (χ4n) is 2.52. The van der Waals surface area contributed by atoms with Gasteiger partial charge in [-0.15, -0.1) is 0 Å². The molecule has 1 aliphatic rings. The van der Waals surface area contributed by atoms with E-state index in [9.17, 15) is 13.2 Å². The molecule has 0 spiro atoms. The molecule has 0 saturated heterocycles. The fourth-order valence-corrected chi connectivity index (χ4v) is 2.52. The predicted octanol–water partition coefficient (Wildman–Crippen LogP) is 3.46. The molecule has 1 atom stereocenters. The molecule has 0 amide bonds. The molecule has 0 saturated carbocycles. The van der Waals surface area contributed by atoms with Gasteiger partial charge in [-0.05, 0) is 36.0 Å². The highest BCUT2D eigenvalue weighted by atomic mass is 19.4. The van der Waals surface area contributed by atoms with Crippen molar-refractivity contribution in [1.29, 1.82) is 0 Å². The lowest BCUT2D eigenvalue weighted by Gasteiger charge is -2.35. The second-order valence-corrected chi connectivity index (χ2v) is 5.59. The molecule has 0 radical (unpaired) electrons. The Bertz CT molecular complexity index is 458. The predicted molar refractivity (Wildman–Crippen MR) is 60.5 cm³/mol. The second kappa shape index (κ2) is 3.25. The van der Waals surface area contributed by atoms with E-state index in [-0.39, 0.29) is 5.41 Å². The van der Waals surface area contributed by atoms with Gasteiger partial charge in [0, 0.05) is 5.54 Å². The van der Waals surface area contributed by atoms with Crippen LogP contribution < -0.4 is 5.73 Å². The van der Waals surface area contributed by atoms with Gasteiger partial charge in [-0.3, -0.25) is 0 Å². The second-order valence-electron chi connectivity index (χ2n) is 5.59. The van der Waals surface area contributed by atoms with Crippen molar-refractivity contribution in [1.82, 2.24) is 0 Å². The maximum Gasteiger partial charge on any atom is 0.416 e. The summed E-state index contributed by atoms with van der Waals surface area (Å²) in [4.78, 5) is 0. The van der Waals surface area contributed by atoms with Gasteiger partial charge in [0.1, 0.15) is 0 Å². The molecule has 2 N–H and O–H groups in total. The summed E-state index contributed by atoms with van der Waals surface area (Å²) in [6.07, 6.45) is -3.94. The first-order valence-corrected chi connectivity index (χ1v) is 5.56. The number of alkyl halides is 3. The first-order chi connectivity index (χ1) is 7.57. The summed E-state index contributed by atoms with van der Waals surface area (Å²) in [6, 6.07) is 4.28. The van der Waals surface area contributed by atoms with Crippen LogP contribution in [0.4, 0.5) is 13.2 Å². The van der Waals surface area contributed by atoms with E-state index in [2.05, 4.69) is 0 Å². The van der Waals surface area contributed by atoms with Crippen LogP contribution in [0.1, 0.15) is 37.5 Å². The van der Waals surface area contributed by atoms with Crippen LogP contribution in [0.15, 0.2) is 18.2 Å². The highest BCUT2D eigenvalue weighted by Crippen LogP contribution is 2.51. The van der Waals surface area contributed by atoms with E-state index in [1.54, 1.807) is 13.0 Å². The van der Waals surface area contributed by atoms with E-state index in [1.165, 1.54) is 6.07 Å². The molecule has 1 aliphatic carbocycles. The minimum atomic E-state index is -4.30. The monoisotopic (exact) mass is 243 g/mol. The Morgan fingerprint density at radius 2 is 1.76 bits per heavy atom. The first kappa shape index (κ1) is 12.4. The molecule has 0 fully saturated rings. The molecule has 1 unspecified atom stereocenters. The van der Waals surface area contributed by atoms with Crippen molar-refractivity contribution in [3.63, 3.8) is 0 Å². The van der Waals surface area contributed by atoms with Crippen LogP contribution in [-0.4, -0.2) is 0 Å². The zero-order valence-electron chi connectivity index (χ0n) is 10.2. The number of fused-ring (bicyclic) bond motifs is 1. The lowest BCUT2D eigenvalue weighted by Crippen LogP contribution is -2.43. The van der Waals surface area contributed by atoms with Gasteiger partial charge >= 0.3 is 6.18 Å². The molecular weight excluding hydrogens is 227 g/mol. The van der Waals surface area contributed by atoms with Crippen LogP contribution >= 0.6 is 0 Å². The minimum absolute atomic E-state index is 0.356. The quantitative estimate of drug-likeness (QED) is 0.742. The van der Waals surface area contributed by atoms with Crippen molar-refractivity contribution in [3.8, 4) is 0 Å². The molecule has 2 rings (SSSR count). The highest BCUT2D eigenvalue weighted by molar-refractivity contribution is 5.47. The Morgan fingerprint density at radius 1 is 1.18 bits per heavy atom. The van der Waals surface area contributed by atoms with Gasteiger partial charge in [0.25, 0.3) is 0 Å². The summed E-state index contributed by atoms with van der Waals surface area (Å²) < 4.78 is 38.7. The van der Waals surface area contributed by atoms with Crippen LogP contribution in [0.5, 0.6) is 0 Å². The molecule has 1 aromatic rings. The molecule has 0 aliphatic heterocycles. The lowest BCUT2D eigenvalue weighted by molar-refractivity contribution is -0.138. The molecule has 1 aromatic carbocycles. The van der Waals surface area contributed by atoms with Gasteiger partial charge in [-0.2, -0.15) is 13.2 Å². The number of halogens is 3. The Morgan fingerprint density at radius 3 is 2.29 bits per heavy atom. The van der Waals surface area contributed by atoms with Crippen molar-refractivity contribution in [2.24, 2.45) is 11.1 Å². The van der Waals surface area contributed by atoms with Crippen molar-refractivity contribution in [2.75, 3.05) is 0 Å². The van der Waals surface area contributed by atoms with Crippen LogP contribution in [0, 0.1) is 5.41 Å². The SMILES string of the molecule is CC1(C)Cc2c(C(F)(F)F)cccc2C1(C)N. The molecular formula is C13H16F3N. The number of benzene rings is 1. The zero-order chi connectivity index (χ0) is 13.1. The van der Waals surface area contributed by atoms with Crippen molar-refractivity contribution in [2.45, 2.75) is 38.9 Å². The molecule has 1 nitrogen and oxygen atoms in total. The third-order valence-electron chi connectivity index (χ3n) is 4.07. The third kappa shape index (κ3) is 1.66. The molecule has 17 heavy (non-hydrogen) atoms. The zero-order valence-corrected chi connectivity index (χ0v) is 10.2. The van der Waals surface area contributed by atoms with Gasteiger partial charge in [-0.25, -0.2) is 0 Å². The van der Waals surface area contributed by atoms with E-state index >= 15 is 0 Å². The van der Waals surface area contributed by atoms with Crippen molar-refractivity contribution < 1.29 is 13.2 Å². The Kier molecular flexibility index (Phi) is 2.38. The van der Waals surface area contributed by atoms with Gasteiger partial charge in [0.15, 0.2) is 0 Å². The maximum absolute atomic E-state index is 12.9. The van der Waals surface area contributed by atoms with Crippen LogP contribution in [0.25, 0.3) is 0 Å². The van der Waals surface area contributed by atoms with Crippen molar-refractivity contribution >= 4 is 0 Å². The lowest BCUT2D eigenvalue weighted by atomic mass is 9.75. The van der Waals surface area contributed by atoms with Gasteiger partial charge in [0.2, 0.25) is 0 Å². The largest absolute Gasteiger partial charge is 0.416 e. The third-order valence-corrected chi connectivity index (χ3v) is 4.07. The first-order valence-electron chi connectivity index (χ1n) is 5.56. The van der Waals surface area contributed by atoms with E-state index in [1.807, 2.05) is 13.8 Å². The van der Waals surface area contributed by atoms with Gasteiger partial charge in [0.05, 0.1) is 5.56 Å². The molecule has 0 bridgehead atoms. The minimum Gasteiger partial charge on any atom is -0.321 e. The average molecular weight is 243 g/mol. The number of hydrogen-bond acceptors (Lipinski definition) is 1. The normalized spacial score (nSPS) is 27.0. The number of rotatable bonds is 0. The Labute approximate surface area is 98.8 Å². The molecule has 94 valence electrons. The van der Waals surface area contributed by atoms with E-state index in [0.29, 0.717) is 17.5 Å². The van der Waals surface area contributed by atoms with E-state index in [4.69, 9.17) is 5.73 Å². The topological polar surface area (TPSA) is 26.0 Å². The molecule has 0 aromatic heterocycles. The van der Waals surface area contributed by atoms with E-state index in [0.717, 1.165) is 6.07 Å². The Balaban J connectivity index is 2.67. The van der Waals surface area contributed by atoms with Gasteiger partial charge in [-0.1, -0.05) is 26.0 Å². The van der Waals surface area contributed by atoms with Gasteiger partial charge < -0.3 is 5.73 Å². The summed E-state index contributed by atoms with van der Waals surface area (Å²) in [5.41, 5.74) is 5.56. The van der Waals surface area contributed by atoms with Crippen LogP contribution in [-0.2, 0) is 18.1 Å². The molecule has 0 heterocycles. The average Bonchev–Trinajstić information content (AvgIpc) is 2.32. The standard InChI is InChI=1S/C13H16F3N/c1-11(2)7-8-9(12(11,3)17)5-4-6-10(8)13(14,15)16/h4-6H,7,17H2,1-3H3. The van der Waals surface area contributed by atoms with E-state index < -0.39 is 17.3 Å². The summed E-state index contributed by atoms with van der Waals surface area (Å²) in [7, 11) is 0. The summed E-state index contributed by atoms with van der Waals surface area (Å²) in [6.45, 7) is 5.62. The summed E-state index contributed by atoms with van der Waals surface area (Å²) in [5.74, 6) is 0. The van der Waals surface area contributed by atoms with Crippen LogP contribution in [0.2, 0.25) is 0 Å². The maximum atomic E-state index is 12.9. The Hall–Kier alpha value is -1.03. The number of hydrogen-bond donors (Lipinski definition) is 1. The smallest absolute Gasteiger partial charge is 0.321 e.